The van der Waals surface area contributed by atoms with Gasteiger partial charge in [0.1, 0.15) is 0 Å². The summed E-state index contributed by atoms with van der Waals surface area (Å²) >= 11 is 0. The van der Waals surface area contributed by atoms with Crippen LogP contribution in [-0.2, 0) is 6.54 Å². The lowest BCUT2D eigenvalue weighted by atomic mass is 9.96. The Kier molecular flexibility index (Phi) is 6.04. The molecule has 2 rings (SSSR count). The van der Waals surface area contributed by atoms with E-state index in [9.17, 15) is 0 Å². The average Bonchev–Trinajstić information content (AvgIpc) is 2.50. The van der Waals surface area contributed by atoms with Crippen molar-refractivity contribution in [2.24, 2.45) is 5.92 Å². The second-order valence-corrected chi connectivity index (χ2v) is 5.73. The lowest BCUT2D eigenvalue weighted by molar-refractivity contribution is 0.182. The van der Waals surface area contributed by atoms with Crippen molar-refractivity contribution in [2.75, 3.05) is 26.2 Å². The van der Waals surface area contributed by atoms with Gasteiger partial charge in [0.25, 0.3) is 0 Å². The fraction of sp³-hybridized carbons (Fsp3) is 0.588. The number of likely N-dealkylation sites (tertiary alicyclic amines) is 1. The first kappa shape index (κ1) is 15.0. The summed E-state index contributed by atoms with van der Waals surface area (Å²) in [7, 11) is 0. The van der Waals surface area contributed by atoms with Crippen molar-refractivity contribution in [2.45, 2.75) is 32.7 Å². The van der Waals surface area contributed by atoms with Crippen molar-refractivity contribution >= 4 is 0 Å². The average molecular weight is 271 g/mol. The highest BCUT2D eigenvalue weighted by Crippen LogP contribution is 2.16. The van der Waals surface area contributed by atoms with Crippen LogP contribution in [0, 0.1) is 17.2 Å². The highest BCUT2D eigenvalue weighted by Gasteiger charge is 2.17. The van der Waals surface area contributed by atoms with Gasteiger partial charge in [-0.05, 0) is 69.1 Å². The third-order valence-electron chi connectivity index (χ3n) is 4.07. The van der Waals surface area contributed by atoms with Crippen molar-refractivity contribution in [3.63, 3.8) is 0 Å². The van der Waals surface area contributed by atoms with E-state index in [-0.39, 0.29) is 0 Å². The number of hydrogen-bond acceptors (Lipinski definition) is 3. The summed E-state index contributed by atoms with van der Waals surface area (Å²) < 4.78 is 0. The van der Waals surface area contributed by atoms with Crippen LogP contribution in [-0.4, -0.2) is 31.1 Å². The molecule has 0 amide bonds. The number of benzene rings is 1. The molecular weight excluding hydrogens is 246 g/mol. The molecule has 0 saturated carbocycles. The highest BCUT2D eigenvalue weighted by molar-refractivity contribution is 5.32. The number of nitrogens with one attached hydrogen (secondary N) is 1. The molecule has 108 valence electrons. The summed E-state index contributed by atoms with van der Waals surface area (Å²) in [6, 6.07) is 10.1. The predicted molar refractivity (Wildman–Crippen MR) is 82.3 cm³/mol. The normalized spacial score (nSPS) is 17.0. The lowest BCUT2D eigenvalue weighted by Gasteiger charge is -2.31. The molecule has 0 unspecified atom stereocenters. The molecule has 1 saturated heterocycles. The molecule has 1 heterocycles. The van der Waals surface area contributed by atoms with Crippen LogP contribution in [0.4, 0.5) is 0 Å². The van der Waals surface area contributed by atoms with Gasteiger partial charge in [-0.3, -0.25) is 0 Å². The second-order valence-electron chi connectivity index (χ2n) is 5.73. The van der Waals surface area contributed by atoms with E-state index in [0.29, 0.717) is 0 Å². The molecule has 0 radical (unpaired) electrons. The van der Waals surface area contributed by atoms with Crippen molar-refractivity contribution in [3.8, 4) is 6.07 Å². The molecule has 1 aliphatic heterocycles. The smallest absolute Gasteiger partial charge is 0.0991 e. The standard InChI is InChI=1S/C17H25N3/c1-2-8-20-9-6-15(7-10-20)13-19-14-17-5-3-4-16(11-17)12-18/h3-5,11,15,19H,2,6-10,13-14H2,1H3. The van der Waals surface area contributed by atoms with Crippen LogP contribution in [0.25, 0.3) is 0 Å². The van der Waals surface area contributed by atoms with Crippen LogP contribution < -0.4 is 5.32 Å². The molecule has 3 heteroatoms. The molecule has 0 aromatic heterocycles. The van der Waals surface area contributed by atoms with E-state index in [1.54, 1.807) is 0 Å². The van der Waals surface area contributed by atoms with E-state index in [0.717, 1.165) is 24.6 Å². The Hall–Kier alpha value is -1.37. The van der Waals surface area contributed by atoms with Crippen LogP contribution in [0.5, 0.6) is 0 Å². The Morgan fingerprint density at radius 1 is 1.35 bits per heavy atom. The fourth-order valence-corrected chi connectivity index (χ4v) is 2.90. The maximum atomic E-state index is 8.88. The van der Waals surface area contributed by atoms with Crippen molar-refractivity contribution in [3.05, 3.63) is 35.4 Å². The lowest BCUT2D eigenvalue weighted by Crippen LogP contribution is -2.37. The number of nitrogens with zero attached hydrogens (tertiary/aromatic N) is 2. The topological polar surface area (TPSA) is 39.1 Å². The zero-order valence-corrected chi connectivity index (χ0v) is 12.4. The summed E-state index contributed by atoms with van der Waals surface area (Å²) in [5.74, 6) is 0.808. The van der Waals surface area contributed by atoms with Gasteiger partial charge in [-0.25, -0.2) is 0 Å². The molecule has 1 fully saturated rings. The quantitative estimate of drug-likeness (QED) is 0.864. The van der Waals surface area contributed by atoms with E-state index in [1.165, 1.54) is 44.5 Å². The molecule has 1 aliphatic rings. The molecule has 1 N–H and O–H groups in total. The van der Waals surface area contributed by atoms with Crippen molar-refractivity contribution < 1.29 is 0 Å². The van der Waals surface area contributed by atoms with E-state index in [4.69, 9.17) is 5.26 Å². The van der Waals surface area contributed by atoms with Gasteiger partial charge < -0.3 is 10.2 Å². The second kappa shape index (κ2) is 8.04. The van der Waals surface area contributed by atoms with Crippen LogP contribution in [0.2, 0.25) is 0 Å². The first-order valence-corrected chi connectivity index (χ1v) is 7.74. The first-order valence-electron chi connectivity index (χ1n) is 7.74. The largest absolute Gasteiger partial charge is 0.312 e. The summed E-state index contributed by atoms with van der Waals surface area (Å²) in [6.07, 6.45) is 3.88. The molecular formula is C17H25N3. The Balaban J connectivity index is 1.68. The van der Waals surface area contributed by atoms with E-state index in [2.05, 4.69) is 29.3 Å². The number of piperidine rings is 1. The predicted octanol–water partition coefficient (Wildman–Crippen LogP) is 2.77. The van der Waals surface area contributed by atoms with Crippen molar-refractivity contribution in [1.29, 1.82) is 5.26 Å². The first-order chi connectivity index (χ1) is 9.81. The minimum absolute atomic E-state index is 0.747. The van der Waals surface area contributed by atoms with Crippen LogP contribution in [0.15, 0.2) is 24.3 Å². The minimum Gasteiger partial charge on any atom is -0.312 e. The van der Waals surface area contributed by atoms with Gasteiger partial charge in [-0.15, -0.1) is 0 Å². The molecule has 0 bridgehead atoms. The van der Waals surface area contributed by atoms with Gasteiger partial charge in [-0.1, -0.05) is 19.1 Å². The fourth-order valence-electron chi connectivity index (χ4n) is 2.90. The minimum atomic E-state index is 0.747. The van der Waals surface area contributed by atoms with E-state index >= 15 is 0 Å². The van der Waals surface area contributed by atoms with Gasteiger partial charge in [-0.2, -0.15) is 5.26 Å². The number of hydrogen-bond donors (Lipinski definition) is 1. The molecule has 1 aromatic carbocycles. The van der Waals surface area contributed by atoms with Crippen LogP contribution in [0.3, 0.4) is 0 Å². The van der Waals surface area contributed by atoms with Gasteiger partial charge in [0, 0.05) is 6.54 Å². The van der Waals surface area contributed by atoms with Crippen LogP contribution >= 0.6 is 0 Å². The molecule has 3 nitrogen and oxygen atoms in total. The summed E-state index contributed by atoms with van der Waals surface area (Å²) in [6.45, 7) is 7.97. The molecule has 0 aliphatic carbocycles. The third-order valence-corrected chi connectivity index (χ3v) is 4.07. The highest BCUT2D eigenvalue weighted by atomic mass is 15.1. The SMILES string of the molecule is CCCN1CCC(CNCc2cccc(C#N)c2)CC1. The van der Waals surface area contributed by atoms with Gasteiger partial charge >= 0.3 is 0 Å². The van der Waals surface area contributed by atoms with Gasteiger partial charge in [0.2, 0.25) is 0 Å². The molecule has 1 aromatic rings. The molecule has 0 atom stereocenters. The number of nitriles is 1. The van der Waals surface area contributed by atoms with E-state index < -0.39 is 0 Å². The Morgan fingerprint density at radius 3 is 2.85 bits per heavy atom. The zero-order valence-electron chi connectivity index (χ0n) is 12.4. The van der Waals surface area contributed by atoms with Gasteiger partial charge in [0.15, 0.2) is 0 Å². The van der Waals surface area contributed by atoms with Crippen LogP contribution in [0.1, 0.15) is 37.3 Å². The van der Waals surface area contributed by atoms with E-state index in [1.807, 2.05) is 18.2 Å². The summed E-state index contributed by atoms with van der Waals surface area (Å²) in [5, 5.41) is 12.4. The maximum Gasteiger partial charge on any atom is 0.0991 e. The summed E-state index contributed by atoms with van der Waals surface area (Å²) in [4.78, 5) is 2.58. The van der Waals surface area contributed by atoms with Crippen molar-refractivity contribution in [1.82, 2.24) is 10.2 Å². The third kappa shape index (κ3) is 4.63. The number of rotatable bonds is 6. The Labute approximate surface area is 122 Å². The summed E-state index contributed by atoms with van der Waals surface area (Å²) in [5.41, 5.74) is 1.95. The zero-order chi connectivity index (χ0) is 14.2. The van der Waals surface area contributed by atoms with Gasteiger partial charge in [0.05, 0.1) is 11.6 Å². The Morgan fingerprint density at radius 2 is 2.15 bits per heavy atom. The molecule has 20 heavy (non-hydrogen) atoms. The monoisotopic (exact) mass is 271 g/mol. The Bertz CT molecular complexity index is 442. The maximum absolute atomic E-state index is 8.88. The molecule has 0 spiro atoms.